The monoisotopic (exact) mass is 859 g/mol. The topological polar surface area (TPSA) is 197 Å². The van der Waals surface area contributed by atoms with Gasteiger partial charge in [-0.3, -0.25) is 14.9 Å². The maximum atomic E-state index is 11.8. The summed E-state index contributed by atoms with van der Waals surface area (Å²) < 4.78 is 14.9. The van der Waals surface area contributed by atoms with E-state index in [9.17, 15) is 34.1 Å². The van der Waals surface area contributed by atoms with Crippen LogP contribution in [0.2, 0.25) is 0 Å². The summed E-state index contributed by atoms with van der Waals surface area (Å²) >= 11 is 5.11. The van der Waals surface area contributed by atoms with E-state index >= 15 is 0 Å². The van der Waals surface area contributed by atoms with Crippen LogP contribution in [-0.2, 0) is 51.4 Å². The summed E-state index contributed by atoms with van der Waals surface area (Å²) in [4.78, 5) is 65.3. The van der Waals surface area contributed by atoms with Crippen molar-refractivity contribution in [2.45, 2.75) is 111 Å². The summed E-state index contributed by atoms with van der Waals surface area (Å²) in [5.41, 5.74) is 3.27. The van der Waals surface area contributed by atoms with E-state index in [0.29, 0.717) is 19.3 Å². The molecule has 61 heavy (non-hydrogen) atoms. The molecule has 4 rings (SSSR count). The summed E-state index contributed by atoms with van der Waals surface area (Å²) in [6.07, 6.45) is 14.0. The van der Waals surface area contributed by atoms with Gasteiger partial charge in [-0.15, -0.1) is 0 Å². The van der Waals surface area contributed by atoms with Gasteiger partial charge in [0.05, 0.1) is 0 Å². The van der Waals surface area contributed by atoms with Crippen LogP contribution in [0, 0.1) is 39.2 Å². The Balaban J connectivity index is 0.000000468. The zero-order valence-electron chi connectivity index (χ0n) is 35.1. The van der Waals surface area contributed by atoms with Gasteiger partial charge < -0.3 is 24.4 Å². The number of hydrogen-bond donors (Lipinski definition) is 2. The summed E-state index contributed by atoms with van der Waals surface area (Å²) in [5, 5.41) is 27.7. The lowest BCUT2D eigenvalue weighted by Gasteiger charge is -2.14. The number of allylic oxidation sites excluding steroid dienone is 5. The predicted octanol–water partition coefficient (Wildman–Crippen LogP) is 8.02. The van der Waals surface area contributed by atoms with Gasteiger partial charge in [-0.25, -0.2) is 19.2 Å². The van der Waals surface area contributed by atoms with Crippen molar-refractivity contribution < 1.29 is 53.3 Å². The average Bonchev–Trinajstić information content (AvgIpc) is 3.23. The van der Waals surface area contributed by atoms with Crippen molar-refractivity contribution in [1.29, 1.82) is 0 Å². The number of halogens is 1. The molecule has 0 saturated carbocycles. The van der Waals surface area contributed by atoms with Crippen molar-refractivity contribution >= 4 is 40.7 Å². The summed E-state index contributed by atoms with van der Waals surface area (Å²) in [6, 6.07) is 17.9. The van der Waals surface area contributed by atoms with Crippen LogP contribution in [0.1, 0.15) is 90.7 Å². The molecule has 3 atom stereocenters. The van der Waals surface area contributed by atoms with E-state index in [1.807, 2.05) is 66.7 Å². The van der Waals surface area contributed by atoms with Crippen LogP contribution in [0.5, 0.6) is 0 Å². The van der Waals surface area contributed by atoms with Gasteiger partial charge in [0.15, 0.2) is 6.10 Å². The summed E-state index contributed by atoms with van der Waals surface area (Å²) in [6.45, 7) is 8.68. The number of carbonyl (C=O) groups is 5. The fourth-order valence-electron chi connectivity index (χ4n) is 4.69. The van der Waals surface area contributed by atoms with E-state index in [-0.39, 0.29) is 28.8 Å². The fourth-order valence-corrected chi connectivity index (χ4v) is 4.69. The SMILES string of the molecule is CC(C)(C)C(=O)Cl.C[C@@H](O)C#CC(=O)OCc1ccccc1.C[C@H](C#CC(=O)OCc1ccccc1)OC(=O)/C=C/C1=CCCC([N+](=O)[O-])C1.O=C(O)/C=C/C1=CCCCC1. The van der Waals surface area contributed by atoms with Crippen molar-refractivity contribution in [3.63, 3.8) is 0 Å². The first-order valence-corrected chi connectivity index (χ1v) is 19.9. The molecule has 14 heteroatoms. The number of ether oxygens (including phenoxy) is 3. The molecule has 13 nitrogen and oxygen atoms in total. The molecule has 2 aliphatic carbocycles. The van der Waals surface area contributed by atoms with Crippen LogP contribution in [0.15, 0.2) is 108 Å². The Hall–Kier alpha value is -6.28. The number of carboxylic acids is 1. The number of carbonyl (C=O) groups excluding carboxylic acids is 4. The Bertz CT molecular complexity index is 1990. The van der Waals surface area contributed by atoms with E-state index in [2.05, 4.69) is 29.8 Å². The second-order valence-corrected chi connectivity index (χ2v) is 14.8. The smallest absolute Gasteiger partial charge is 0.384 e. The quantitative estimate of drug-likeness (QED) is 0.0342. The maximum Gasteiger partial charge on any atom is 0.384 e. The average molecular weight is 860 g/mol. The Morgan fingerprint density at radius 2 is 1.34 bits per heavy atom. The van der Waals surface area contributed by atoms with Crippen LogP contribution in [0.25, 0.3) is 0 Å². The number of aliphatic hydroxyl groups excluding tert-OH is 1. The van der Waals surface area contributed by atoms with Crippen molar-refractivity contribution in [3.8, 4) is 23.7 Å². The van der Waals surface area contributed by atoms with Crippen molar-refractivity contribution in [1.82, 2.24) is 0 Å². The first kappa shape index (κ1) is 52.7. The van der Waals surface area contributed by atoms with Crippen molar-refractivity contribution in [3.05, 3.63) is 130 Å². The Morgan fingerprint density at radius 1 is 0.836 bits per heavy atom. The maximum absolute atomic E-state index is 11.8. The normalized spacial score (nSPS) is 15.2. The van der Waals surface area contributed by atoms with Gasteiger partial charge in [0.2, 0.25) is 11.3 Å². The summed E-state index contributed by atoms with van der Waals surface area (Å²) in [7, 11) is 0. The van der Waals surface area contributed by atoms with E-state index in [4.69, 9.17) is 36.0 Å². The molecular formula is C47H54ClNO12. The van der Waals surface area contributed by atoms with Gasteiger partial charge in [0.25, 0.3) is 0 Å². The number of aliphatic carboxylic acids is 1. The van der Waals surface area contributed by atoms with Crippen LogP contribution in [0.4, 0.5) is 0 Å². The molecule has 1 unspecified atom stereocenters. The molecule has 0 aliphatic heterocycles. The molecule has 2 aromatic rings. The number of rotatable bonds is 10. The van der Waals surface area contributed by atoms with Gasteiger partial charge in [-0.1, -0.05) is 117 Å². The van der Waals surface area contributed by atoms with Crippen LogP contribution in [-0.4, -0.2) is 62.5 Å². The Labute approximate surface area is 362 Å². The highest BCUT2D eigenvalue weighted by Gasteiger charge is 2.23. The number of nitro groups is 1. The van der Waals surface area contributed by atoms with Crippen LogP contribution >= 0.6 is 11.6 Å². The zero-order valence-corrected chi connectivity index (χ0v) is 35.9. The molecular weight excluding hydrogens is 806 g/mol. The van der Waals surface area contributed by atoms with E-state index in [0.717, 1.165) is 29.5 Å². The number of benzene rings is 2. The lowest BCUT2D eigenvalue weighted by Crippen LogP contribution is -2.22. The molecule has 0 bridgehead atoms. The third-order valence-electron chi connectivity index (χ3n) is 7.94. The Morgan fingerprint density at radius 3 is 1.80 bits per heavy atom. The standard InChI is InChI=1S/C21H21NO6.C12H12O3.C9H12O2.C5H9ClO/c1-16(10-12-20(23)27-15-18-6-3-2-4-7-18)28-21(24)13-11-17-8-5-9-19(14-17)22(25)26;1-10(13)7-8-12(14)15-9-11-5-3-2-4-6-11;10-9(11)7-6-8-4-2-1-3-5-8;1-5(2,3)4(6)7/h2-4,6-8,11,13,16,19H,5,9,14-15H2,1H3;2-6,10,13H,9H2,1H3;4,6-7H,1-3,5H2,(H,10,11);1-3H3/b13-11+;;7-6+;/t16-,19?;10-;;/m11../s1. The van der Waals surface area contributed by atoms with Crippen LogP contribution in [0.3, 0.4) is 0 Å². The number of carboxylic acid groups (broad SMARTS) is 1. The number of esters is 3. The molecule has 0 fully saturated rings. The van der Waals surface area contributed by atoms with Crippen molar-refractivity contribution in [2.75, 3.05) is 0 Å². The minimum Gasteiger partial charge on any atom is -0.478 e. The van der Waals surface area contributed by atoms with E-state index in [1.54, 1.807) is 26.8 Å². The minimum absolute atomic E-state index is 0.117. The van der Waals surface area contributed by atoms with Gasteiger partial charge in [0, 0.05) is 47.2 Å². The first-order chi connectivity index (χ1) is 28.8. The zero-order chi connectivity index (χ0) is 45.6. The molecule has 0 heterocycles. The molecule has 0 radical (unpaired) electrons. The highest BCUT2D eigenvalue weighted by Crippen LogP contribution is 2.21. The third-order valence-corrected chi connectivity index (χ3v) is 8.51. The van der Waals surface area contributed by atoms with E-state index in [1.165, 1.54) is 50.5 Å². The van der Waals surface area contributed by atoms with Gasteiger partial charge in [-0.05, 0) is 80.2 Å². The number of hydrogen-bond acceptors (Lipinski definition) is 11. The summed E-state index contributed by atoms with van der Waals surface area (Å²) in [5.74, 6) is 6.46. The molecule has 0 saturated heterocycles. The molecule has 0 amide bonds. The second-order valence-electron chi connectivity index (χ2n) is 14.5. The molecule has 0 spiro atoms. The first-order valence-electron chi connectivity index (χ1n) is 19.5. The highest BCUT2D eigenvalue weighted by atomic mass is 35.5. The van der Waals surface area contributed by atoms with Gasteiger partial charge in [0.1, 0.15) is 19.3 Å². The number of nitrogens with zero attached hydrogens (tertiary/aromatic N) is 1. The lowest BCUT2D eigenvalue weighted by molar-refractivity contribution is -0.523. The molecule has 326 valence electrons. The largest absolute Gasteiger partial charge is 0.478 e. The van der Waals surface area contributed by atoms with Crippen molar-refractivity contribution in [2.24, 2.45) is 5.41 Å². The second kappa shape index (κ2) is 29.9. The molecule has 2 aromatic carbocycles. The molecule has 0 aromatic heterocycles. The molecule has 2 aliphatic rings. The van der Waals surface area contributed by atoms with Gasteiger partial charge in [-0.2, -0.15) is 0 Å². The Kier molecular flexibility index (Phi) is 25.8. The highest BCUT2D eigenvalue weighted by molar-refractivity contribution is 6.64. The number of aliphatic hydroxyl groups is 1. The third kappa shape index (κ3) is 27.9. The fraction of sp³-hybridized carbons (Fsp3) is 0.383. The molecule has 2 N–H and O–H groups in total. The van der Waals surface area contributed by atoms with Gasteiger partial charge >= 0.3 is 23.9 Å². The van der Waals surface area contributed by atoms with E-state index < -0.39 is 42.1 Å². The van der Waals surface area contributed by atoms with Crippen LogP contribution < -0.4 is 0 Å². The predicted molar refractivity (Wildman–Crippen MR) is 231 cm³/mol. The minimum atomic E-state index is -0.864. The lowest BCUT2D eigenvalue weighted by atomic mass is 9.95.